The van der Waals surface area contributed by atoms with E-state index in [1.165, 1.54) is 12.1 Å². The van der Waals surface area contributed by atoms with Crippen molar-refractivity contribution < 1.29 is 17.2 Å². The molecule has 28 heavy (non-hydrogen) atoms. The maximum absolute atomic E-state index is 13.6. The molecular formula is C20H19FN2O4S. The monoisotopic (exact) mass is 402 g/mol. The molecule has 0 saturated carbocycles. The first-order valence-electron chi connectivity index (χ1n) is 8.96. The Morgan fingerprint density at radius 2 is 1.82 bits per heavy atom. The van der Waals surface area contributed by atoms with Crippen molar-refractivity contribution >= 4 is 32.4 Å². The van der Waals surface area contributed by atoms with Gasteiger partial charge in [0.05, 0.1) is 10.6 Å². The van der Waals surface area contributed by atoms with Gasteiger partial charge in [-0.2, -0.15) is 0 Å². The Labute approximate surface area is 161 Å². The number of benzene rings is 2. The lowest BCUT2D eigenvalue weighted by Gasteiger charge is -2.23. The molecule has 0 radical (unpaired) electrons. The molecule has 3 aromatic rings. The van der Waals surface area contributed by atoms with Crippen LogP contribution in [0.1, 0.15) is 18.4 Å². The molecule has 146 valence electrons. The van der Waals surface area contributed by atoms with E-state index in [4.69, 9.17) is 4.42 Å². The number of hydrogen-bond donors (Lipinski definition) is 1. The molecule has 0 amide bonds. The van der Waals surface area contributed by atoms with Gasteiger partial charge >= 0.3 is 5.63 Å². The highest BCUT2D eigenvalue weighted by Gasteiger charge is 2.27. The summed E-state index contributed by atoms with van der Waals surface area (Å²) in [5.74, 6) is -0.670. The Kier molecular flexibility index (Phi) is 4.58. The molecule has 1 saturated heterocycles. The number of para-hydroxylation sites is 1. The van der Waals surface area contributed by atoms with Crippen LogP contribution in [-0.4, -0.2) is 21.5 Å². The summed E-state index contributed by atoms with van der Waals surface area (Å²) in [7, 11) is -4.19. The van der Waals surface area contributed by atoms with Crippen LogP contribution in [-0.2, 0) is 10.0 Å². The second-order valence-corrected chi connectivity index (χ2v) is 8.47. The van der Waals surface area contributed by atoms with Crippen LogP contribution < -0.4 is 15.2 Å². The predicted molar refractivity (Wildman–Crippen MR) is 106 cm³/mol. The fourth-order valence-corrected chi connectivity index (χ4v) is 4.86. The quantitative estimate of drug-likeness (QED) is 0.674. The molecule has 0 bridgehead atoms. The number of nitrogens with one attached hydrogen (secondary N) is 1. The lowest BCUT2D eigenvalue weighted by atomic mass is 10.1. The molecule has 6 nitrogen and oxygen atoms in total. The lowest BCUT2D eigenvalue weighted by molar-refractivity contribution is 0.562. The summed E-state index contributed by atoms with van der Waals surface area (Å²) in [5, 5.41) is 0.651. The van der Waals surface area contributed by atoms with Gasteiger partial charge in [0.25, 0.3) is 10.0 Å². The summed E-state index contributed by atoms with van der Waals surface area (Å²) in [5.41, 5.74) is 0.338. The van der Waals surface area contributed by atoms with Crippen LogP contribution in [0.25, 0.3) is 11.0 Å². The molecule has 1 N–H and O–H groups in total. The van der Waals surface area contributed by atoms with E-state index in [0.717, 1.165) is 18.9 Å². The van der Waals surface area contributed by atoms with E-state index in [1.54, 1.807) is 31.2 Å². The van der Waals surface area contributed by atoms with Crippen LogP contribution >= 0.6 is 0 Å². The molecule has 0 unspecified atom stereocenters. The lowest BCUT2D eigenvalue weighted by Crippen LogP contribution is -2.26. The number of rotatable bonds is 4. The van der Waals surface area contributed by atoms with Gasteiger partial charge in [-0.25, -0.2) is 17.6 Å². The molecule has 0 aliphatic carbocycles. The Bertz CT molecular complexity index is 1210. The van der Waals surface area contributed by atoms with Crippen LogP contribution in [0.4, 0.5) is 15.8 Å². The average molecular weight is 402 g/mol. The summed E-state index contributed by atoms with van der Waals surface area (Å²) in [6.07, 6.45) is 1.90. The molecule has 2 aromatic carbocycles. The van der Waals surface area contributed by atoms with Crippen molar-refractivity contribution in [2.75, 3.05) is 22.7 Å². The van der Waals surface area contributed by atoms with Gasteiger partial charge in [0.2, 0.25) is 0 Å². The third-order valence-corrected chi connectivity index (χ3v) is 6.38. The van der Waals surface area contributed by atoms with Crippen LogP contribution in [0.5, 0.6) is 0 Å². The van der Waals surface area contributed by atoms with E-state index in [9.17, 15) is 17.6 Å². The van der Waals surface area contributed by atoms with Crippen molar-refractivity contribution in [3.05, 3.63) is 64.3 Å². The zero-order valence-electron chi connectivity index (χ0n) is 15.2. The van der Waals surface area contributed by atoms with Gasteiger partial charge in [-0.3, -0.25) is 4.72 Å². The van der Waals surface area contributed by atoms with Crippen molar-refractivity contribution in [3.8, 4) is 0 Å². The highest BCUT2D eigenvalue weighted by atomic mass is 32.2. The van der Waals surface area contributed by atoms with Crippen molar-refractivity contribution in [2.24, 2.45) is 0 Å². The summed E-state index contributed by atoms with van der Waals surface area (Å²) in [4.78, 5) is 14.4. The summed E-state index contributed by atoms with van der Waals surface area (Å²) >= 11 is 0. The molecule has 8 heteroatoms. The van der Waals surface area contributed by atoms with Gasteiger partial charge in [-0.15, -0.1) is 0 Å². The molecule has 0 spiro atoms. The van der Waals surface area contributed by atoms with Gasteiger partial charge in [0, 0.05) is 18.5 Å². The largest absolute Gasteiger partial charge is 0.421 e. The third-order valence-electron chi connectivity index (χ3n) is 4.88. The zero-order valence-corrected chi connectivity index (χ0v) is 16.1. The molecule has 1 aromatic heterocycles. The van der Waals surface area contributed by atoms with E-state index >= 15 is 0 Å². The van der Waals surface area contributed by atoms with E-state index in [1.807, 2.05) is 4.90 Å². The zero-order chi connectivity index (χ0) is 19.9. The van der Waals surface area contributed by atoms with Gasteiger partial charge < -0.3 is 9.32 Å². The summed E-state index contributed by atoms with van der Waals surface area (Å²) in [6.45, 7) is 2.99. The fraction of sp³-hybridized carbons (Fsp3) is 0.250. The first kappa shape index (κ1) is 18.5. The average Bonchev–Trinajstić information content (AvgIpc) is 3.18. The van der Waals surface area contributed by atoms with Gasteiger partial charge in [0.1, 0.15) is 11.4 Å². The molecule has 0 atom stereocenters. The Morgan fingerprint density at radius 3 is 2.57 bits per heavy atom. The third kappa shape index (κ3) is 3.24. The number of aryl methyl sites for hydroxylation is 1. The first-order valence-corrected chi connectivity index (χ1v) is 10.4. The molecule has 1 fully saturated rings. The van der Waals surface area contributed by atoms with Gasteiger partial charge in [-0.1, -0.05) is 18.2 Å². The standard InChI is InChI=1S/C20H19FN2O4S/c1-13-8-9-14(21)12-17(13)28(25,26)22-18-19(23-10-4-5-11-23)15-6-2-3-7-16(15)27-20(18)24/h2-3,6-9,12,22H,4-5,10-11H2,1H3. The number of sulfonamides is 1. The topological polar surface area (TPSA) is 79.6 Å². The van der Waals surface area contributed by atoms with Crippen molar-refractivity contribution in [2.45, 2.75) is 24.7 Å². The minimum absolute atomic E-state index is 0.149. The first-order chi connectivity index (χ1) is 13.4. The number of fused-ring (bicyclic) bond motifs is 1. The van der Waals surface area contributed by atoms with Crippen LogP contribution in [0.15, 0.2) is 56.6 Å². The van der Waals surface area contributed by atoms with Crippen LogP contribution in [0.2, 0.25) is 0 Å². The minimum Gasteiger partial charge on any atom is -0.421 e. The van der Waals surface area contributed by atoms with Crippen LogP contribution in [0.3, 0.4) is 0 Å². The van der Waals surface area contributed by atoms with Crippen LogP contribution in [0, 0.1) is 12.7 Å². The molecular weight excluding hydrogens is 383 g/mol. The predicted octanol–water partition coefficient (Wildman–Crippen LogP) is 3.64. The normalized spacial score (nSPS) is 14.6. The fourth-order valence-electron chi connectivity index (χ4n) is 3.55. The molecule has 1 aliphatic heterocycles. The summed E-state index contributed by atoms with van der Waals surface area (Å²) in [6, 6.07) is 10.5. The van der Waals surface area contributed by atoms with E-state index < -0.39 is 21.5 Å². The Balaban J connectivity index is 1.91. The number of hydrogen-bond acceptors (Lipinski definition) is 5. The number of halogens is 1. The summed E-state index contributed by atoms with van der Waals surface area (Å²) < 4.78 is 47.3. The maximum Gasteiger partial charge on any atom is 0.363 e. The number of anilines is 2. The van der Waals surface area contributed by atoms with Crippen molar-refractivity contribution in [1.82, 2.24) is 0 Å². The molecule has 1 aliphatic rings. The minimum atomic E-state index is -4.19. The Hall–Kier alpha value is -2.87. The van der Waals surface area contributed by atoms with E-state index in [-0.39, 0.29) is 10.6 Å². The second kappa shape index (κ2) is 6.94. The van der Waals surface area contributed by atoms with Gasteiger partial charge in [0.15, 0.2) is 5.69 Å². The van der Waals surface area contributed by atoms with Crippen molar-refractivity contribution in [1.29, 1.82) is 0 Å². The SMILES string of the molecule is Cc1ccc(F)cc1S(=O)(=O)Nc1c(N2CCCC2)c2ccccc2oc1=O. The highest BCUT2D eigenvalue weighted by molar-refractivity contribution is 7.92. The number of nitrogens with zero attached hydrogens (tertiary/aromatic N) is 1. The van der Waals surface area contributed by atoms with E-state index in [2.05, 4.69) is 4.72 Å². The van der Waals surface area contributed by atoms with Crippen molar-refractivity contribution in [3.63, 3.8) is 0 Å². The maximum atomic E-state index is 13.6. The van der Waals surface area contributed by atoms with Gasteiger partial charge in [-0.05, 0) is 49.6 Å². The van der Waals surface area contributed by atoms with E-state index in [0.29, 0.717) is 35.3 Å². The molecule has 4 rings (SSSR count). The Morgan fingerprint density at radius 1 is 1.11 bits per heavy atom. The highest BCUT2D eigenvalue weighted by Crippen LogP contribution is 2.35. The molecule has 2 heterocycles. The second-order valence-electron chi connectivity index (χ2n) is 6.82. The smallest absolute Gasteiger partial charge is 0.363 e.